The predicted octanol–water partition coefficient (Wildman–Crippen LogP) is 0.144. The van der Waals surface area contributed by atoms with Crippen molar-refractivity contribution in [3.63, 3.8) is 0 Å². The van der Waals surface area contributed by atoms with Crippen molar-refractivity contribution in [1.82, 2.24) is 4.72 Å². The topological polar surface area (TPSA) is 101 Å². The van der Waals surface area contributed by atoms with Crippen LogP contribution in [0.2, 0.25) is 0 Å². The Bertz CT molecular complexity index is 401. The first-order valence-corrected chi connectivity index (χ1v) is 6.82. The third-order valence-electron chi connectivity index (χ3n) is 1.44. The maximum atomic E-state index is 12.6. The molecule has 0 radical (unpaired) electrons. The number of alkyl halides is 2. The second kappa shape index (κ2) is 4.68. The Morgan fingerprint density at radius 3 is 2.07 bits per heavy atom. The van der Waals surface area contributed by atoms with Crippen molar-refractivity contribution >= 4 is 20.1 Å². The van der Waals surface area contributed by atoms with Crippen molar-refractivity contribution in [2.24, 2.45) is 0 Å². The van der Waals surface area contributed by atoms with E-state index in [0.29, 0.717) is 6.42 Å². The molecule has 0 aliphatic heterocycles. The Kier molecular flexibility index (Phi) is 4.58. The molecule has 0 aromatic rings. The van der Waals surface area contributed by atoms with E-state index in [-0.39, 0.29) is 13.0 Å². The average Bonchev–Trinajstić information content (AvgIpc) is 2.02. The fourth-order valence-corrected chi connectivity index (χ4v) is 2.47. The molecule has 10 heteroatoms. The summed E-state index contributed by atoms with van der Waals surface area (Å²) in [6.45, 7) is 1.37. The highest BCUT2D eigenvalue weighted by molar-refractivity contribution is 8.06. The van der Waals surface area contributed by atoms with Gasteiger partial charge in [0, 0.05) is 6.54 Å². The fraction of sp³-hybridized carbons (Fsp3) is 1.00. The summed E-state index contributed by atoms with van der Waals surface area (Å²) in [5.41, 5.74) is 0. The first-order chi connectivity index (χ1) is 6.56. The van der Waals surface area contributed by atoms with E-state index in [4.69, 9.17) is 4.55 Å². The lowest BCUT2D eigenvalue weighted by atomic mass is 10.3. The molecule has 0 amide bonds. The molecule has 0 saturated carbocycles. The fourth-order valence-electron chi connectivity index (χ4n) is 0.606. The molecular formula is C5H11F2NO5S2. The number of sulfonamides is 1. The summed E-state index contributed by atoms with van der Waals surface area (Å²) in [7, 11) is -11.4. The second-order valence-electron chi connectivity index (χ2n) is 2.69. The molecule has 0 aliphatic carbocycles. The first-order valence-electron chi connectivity index (χ1n) is 3.90. The lowest BCUT2D eigenvalue weighted by Gasteiger charge is -2.13. The highest BCUT2D eigenvalue weighted by atomic mass is 32.3. The molecule has 0 aromatic heterocycles. The van der Waals surface area contributed by atoms with Crippen LogP contribution < -0.4 is 4.72 Å². The third kappa shape index (κ3) is 3.33. The molecule has 0 spiro atoms. The van der Waals surface area contributed by atoms with Crippen LogP contribution in [-0.2, 0) is 20.1 Å². The molecule has 15 heavy (non-hydrogen) atoms. The van der Waals surface area contributed by atoms with Gasteiger partial charge in [-0.15, -0.1) is 0 Å². The van der Waals surface area contributed by atoms with Crippen LogP contribution in [0.15, 0.2) is 0 Å². The monoisotopic (exact) mass is 267 g/mol. The molecule has 0 heterocycles. The third-order valence-corrected chi connectivity index (χ3v) is 4.54. The van der Waals surface area contributed by atoms with Gasteiger partial charge in [-0.2, -0.15) is 17.2 Å². The van der Waals surface area contributed by atoms with Gasteiger partial charge in [-0.25, -0.2) is 13.1 Å². The molecule has 2 N–H and O–H groups in total. The molecule has 0 aromatic carbocycles. The average molecular weight is 267 g/mol. The van der Waals surface area contributed by atoms with Crippen molar-refractivity contribution in [1.29, 1.82) is 0 Å². The van der Waals surface area contributed by atoms with Crippen LogP contribution in [0.3, 0.4) is 0 Å². The molecule has 0 unspecified atom stereocenters. The number of hydrogen-bond donors (Lipinski definition) is 2. The SMILES string of the molecule is CCCCNS(=O)(=O)C(F)(F)S(=O)(=O)O. The molecular weight excluding hydrogens is 256 g/mol. The van der Waals surface area contributed by atoms with E-state index in [1.807, 2.05) is 0 Å². The molecule has 0 atom stereocenters. The van der Waals surface area contributed by atoms with Gasteiger partial charge in [0.15, 0.2) is 0 Å². The minimum atomic E-state index is -5.98. The zero-order valence-corrected chi connectivity index (χ0v) is 9.41. The molecule has 0 fully saturated rings. The quantitative estimate of drug-likeness (QED) is 0.527. The number of hydrogen-bond acceptors (Lipinski definition) is 4. The molecule has 92 valence electrons. The van der Waals surface area contributed by atoms with Crippen LogP contribution in [0.25, 0.3) is 0 Å². The van der Waals surface area contributed by atoms with Gasteiger partial charge in [-0.3, -0.25) is 4.55 Å². The van der Waals surface area contributed by atoms with Crippen LogP contribution in [0, 0.1) is 0 Å². The van der Waals surface area contributed by atoms with Crippen molar-refractivity contribution in [2.75, 3.05) is 6.54 Å². The van der Waals surface area contributed by atoms with Crippen LogP contribution in [0.5, 0.6) is 0 Å². The molecule has 0 aliphatic rings. The number of halogens is 2. The van der Waals surface area contributed by atoms with Crippen LogP contribution >= 0.6 is 0 Å². The number of nitrogens with one attached hydrogen (secondary N) is 1. The van der Waals surface area contributed by atoms with E-state index < -0.39 is 24.7 Å². The summed E-state index contributed by atoms with van der Waals surface area (Å²) in [5.74, 6) is 0. The molecule has 0 rings (SSSR count). The van der Waals surface area contributed by atoms with E-state index in [0.717, 1.165) is 0 Å². The molecule has 6 nitrogen and oxygen atoms in total. The van der Waals surface area contributed by atoms with E-state index in [1.54, 1.807) is 6.92 Å². The Morgan fingerprint density at radius 1 is 1.27 bits per heavy atom. The zero-order valence-electron chi connectivity index (χ0n) is 7.77. The maximum absolute atomic E-state index is 12.6. The summed E-state index contributed by atoms with van der Waals surface area (Å²) in [6.07, 6.45) is 0.820. The van der Waals surface area contributed by atoms with Gasteiger partial charge in [0.2, 0.25) is 0 Å². The summed E-state index contributed by atoms with van der Waals surface area (Å²) in [6, 6.07) is 0. The standard InChI is InChI=1S/C5H11F2NO5S2/c1-2-3-4-8-14(9,10)5(6,7)15(11,12)13/h8H,2-4H2,1H3,(H,11,12,13). The van der Waals surface area contributed by atoms with Crippen molar-refractivity contribution in [3.05, 3.63) is 0 Å². The maximum Gasteiger partial charge on any atom is 0.484 e. The van der Waals surface area contributed by atoms with Crippen LogP contribution in [0.1, 0.15) is 19.8 Å². The van der Waals surface area contributed by atoms with Gasteiger partial charge in [0.1, 0.15) is 0 Å². The lowest BCUT2D eigenvalue weighted by molar-refractivity contribution is 0.164. The van der Waals surface area contributed by atoms with Crippen molar-refractivity contribution in [2.45, 2.75) is 24.4 Å². The summed E-state index contributed by atoms with van der Waals surface area (Å²) in [5, 5.41) is 0. The Hall–Kier alpha value is -0.320. The number of unbranched alkanes of at least 4 members (excludes halogenated alkanes) is 1. The van der Waals surface area contributed by atoms with E-state index >= 15 is 0 Å². The summed E-state index contributed by atoms with van der Waals surface area (Å²) >= 11 is 0. The normalized spacial score (nSPS) is 14.1. The largest absolute Gasteiger partial charge is 0.484 e. The molecule has 0 bridgehead atoms. The van der Waals surface area contributed by atoms with E-state index in [1.165, 1.54) is 4.72 Å². The Morgan fingerprint density at radius 2 is 1.73 bits per heavy atom. The van der Waals surface area contributed by atoms with Gasteiger partial charge in [0.05, 0.1) is 0 Å². The Labute approximate surface area is 86.5 Å². The Balaban J connectivity index is 4.89. The van der Waals surface area contributed by atoms with Crippen LogP contribution in [0.4, 0.5) is 8.78 Å². The van der Waals surface area contributed by atoms with Crippen LogP contribution in [-0.4, -0.2) is 32.5 Å². The molecule has 0 saturated heterocycles. The van der Waals surface area contributed by atoms with Crippen molar-refractivity contribution in [3.8, 4) is 0 Å². The highest BCUT2D eigenvalue weighted by Crippen LogP contribution is 2.26. The van der Waals surface area contributed by atoms with Gasteiger partial charge in [-0.1, -0.05) is 13.3 Å². The summed E-state index contributed by atoms with van der Waals surface area (Å²) < 4.78 is 71.3. The predicted molar refractivity (Wildman–Crippen MR) is 48.3 cm³/mol. The van der Waals surface area contributed by atoms with Crippen molar-refractivity contribution < 1.29 is 30.2 Å². The number of rotatable bonds is 6. The lowest BCUT2D eigenvalue weighted by Crippen LogP contribution is -2.45. The highest BCUT2D eigenvalue weighted by Gasteiger charge is 2.57. The first kappa shape index (κ1) is 14.7. The van der Waals surface area contributed by atoms with E-state index in [9.17, 15) is 25.6 Å². The minimum absolute atomic E-state index is 0.279. The van der Waals surface area contributed by atoms with Gasteiger partial charge in [-0.05, 0) is 6.42 Å². The van der Waals surface area contributed by atoms with E-state index in [2.05, 4.69) is 0 Å². The van der Waals surface area contributed by atoms with Gasteiger partial charge >= 0.3 is 14.7 Å². The summed E-state index contributed by atoms with van der Waals surface area (Å²) in [4.78, 5) is 0. The zero-order chi connectivity index (χ0) is 12.3. The smallest absolute Gasteiger partial charge is 0.280 e. The van der Waals surface area contributed by atoms with Gasteiger partial charge < -0.3 is 0 Å². The minimum Gasteiger partial charge on any atom is -0.280 e. The second-order valence-corrected chi connectivity index (χ2v) is 6.22. The van der Waals surface area contributed by atoms with Gasteiger partial charge in [0.25, 0.3) is 10.0 Å².